The minimum atomic E-state index is -4.87. The average molecular weight is 360 g/mol. The molecule has 0 saturated carbocycles. The summed E-state index contributed by atoms with van der Waals surface area (Å²) in [5, 5.41) is 11.2. The highest BCUT2D eigenvalue weighted by Crippen LogP contribution is 2.37. The van der Waals surface area contributed by atoms with Crippen LogP contribution in [0.4, 0.5) is 43.7 Å². The number of alkyl halides is 5. The van der Waals surface area contributed by atoms with E-state index in [-0.39, 0.29) is 11.4 Å². The van der Waals surface area contributed by atoms with Crippen molar-refractivity contribution in [2.45, 2.75) is 19.0 Å². The van der Waals surface area contributed by atoms with Crippen LogP contribution in [0.3, 0.4) is 0 Å². The van der Waals surface area contributed by atoms with Gasteiger partial charge in [0.1, 0.15) is 6.07 Å². The second kappa shape index (κ2) is 6.16. The number of aromatic nitrogens is 1. The summed E-state index contributed by atoms with van der Waals surface area (Å²) in [4.78, 5) is 3.52. The molecule has 0 saturated heterocycles. The molecule has 0 fully saturated rings. The Kier molecular flexibility index (Phi) is 4.53. The number of nitrogen functional groups attached to an aromatic ring is 1. The first-order valence-electron chi connectivity index (χ1n) is 6.65. The molecule has 0 aliphatic heterocycles. The van der Waals surface area contributed by atoms with Crippen molar-refractivity contribution in [2.24, 2.45) is 0 Å². The van der Waals surface area contributed by atoms with Crippen molar-refractivity contribution in [3.63, 3.8) is 0 Å². The van der Waals surface area contributed by atoms with Gasteiger partial charge in [0.25, 0.3) is 5.92 Å². The highest BCUT2D eigenvalue weighted by molar-refractivity contribution is 5.66. The summed E-state index contributed by atoms with van der Waals surface area (Å²) >= 11 is 0. The number of hydrogen-bond donors (Lipinski definition) is 2. The van der Waals surface area contributed by atoms with Crippen LogP contribution in [0.25, 0.3) is 0 Å². The number of rotatable bonds is 3. The van der Waals surface area contributed by atoms with Crippen molar-refractivity contribution in [2.75, 3.05) is 11.1 Å². The van der Waals surface area contributed by atoms with Crippen molar-refractivity contribution in [3.05, 3.63) is 46.8 Å². The molecule has 0 aliphatic rings. The number of halogens is 6. The van der Waals surface area contributed by atoms with Crippen LogP contribution in [-0.4, -0.2) is 4.98 Å². The molecule has 2 rings (SSSR count). The van der Waals surface area contributed by atoms with Gasteiger partial charge in [-0.2, -0.15) is 18.4 Å². The predicted octanol–water partition coefficient (Wildman–Crippen LogP) is 4.55. The van der Waals surface area contributed by atoms with Gasteiger partial charge in [-0.1, -0.05) is 0 Å². The number of nitrogens with two attached hydrogens (primary N) is 1. The summed E-state index contributed by atoms with van der Waals surface area (Å²) in [5.74, 6) is -5.49. The van der Waals surface area contributed by atoms with Gasteiger partial charge in [0.2, 0.25) is 0 Å². The van der Waals surface area contributed by atoms with Crippen LogP contribution in [-0.2, 0) is 12.1 Å². The number of nitrogens with one attached hydrogen (secondary N) is 1. The normalized spacial score (nSPS) is 11.9. The molecule has 132 valence electrons. The number of anilines is 3. The Morgan fingerprint density at radius 2 is 1.68 bits per heavy atom. The van der Waals surface area contributed by atoms with E-state index in [1.165, 1.54) is 0 Å². The molecule has 3 N–H and O–H groups in total. The van der Waals surface area contributed by atoms with Gasteiger partial charge in [-0.3, -0.25) is 0 Å². The zero-order valence-corrected chi connectivity index (χ0v) is 12.5. The molecule has 4 nitrogen and oxygen atoms in total. The van der Waals surface area contributed by atoms with E-state index in [1.54, 1.807) is 6.07 Å². The summed E-state index contributed by atoms with van der Waals surface area (Å²) in [7, 11) is 0. The molecule has 0 unspecified atom stereocenters. The molecule has 1 aromatic heterocycles. The van der Waals surface area contributed by atoms with Gasteiger partial charge < -0.3 is 11.1 Å². The lowest BCUT2D eigenvalue weighted by Gasteiger charge is -2.17. The molecule has 0 aliphatic carbocycles. The number of benzene rings is 1. The van der Waals surface area contributed by atoms with Gasteiger partial charge in [-0.05, 0) is 24.3 Å². The molecule has 25 heavy (non-hydrogen) atoms. The van der Waals surface area contributed by atoms with Crippen LogP contribution in [0.1, 0.15) is 23.6 Å². The number of pyridine rings is 1. The first kappa shape index (κ1) is 18.4. The Bertz CT molecular complexity index is 817. The topological polar surface area (TPSA) is 74.7 Å². The molecule has 10 heteroatoms. The quantitative estimate of drug-likeness (QED) is 0.788. The van der Waals surface area contributed by atoms with Gasteiger partial charge in [0.15, 0.2) is 17.5 Å². The van der Waals surface area contributed by atoms with E-state index in [2.05, 4.69) is 10.3 Å². The van der Waals surface area contributed by atoms with Crippen molar-refractivity contribution < 1.29 is 26.3 Å². The van der Waals surface area contributed by atoms with E-state index in [9.17, 15) is 26.3 Å². The monoisotopic (exact) mass is 360 g/mol. The molecule has 0 bridgehead atoms. The average Bonchev–Trinajstić information content (AvgIpc) is 2.48. The minimum absolute atomic E-state index is 0.322. The lowest BCUT2D eigenvalue weighted by Crippen LogP contribution is -2.13. The first-order chi connectivity index (χ1) is 11.4. The van der Waals surface area contributed by atoms with Crippen LogP contribution in [0, 0.1) is 17.1 Å². The van der Waals surface area contributed by atoms with Crippen LogP contribution < -0.4 is 11.1 Å². The highest BCUT2D eigenvalue weighted by Gasteiger charge is 2.34. The molecular formula is C15H10F6N4. The lowest BCUT2D eigenvalue weighted by molar-refractivity contribution is -0.137. The van der Waals surface area contributed by atoms with E-state index in [0.29, 0.717) is 19.1 Å². The number of nitriles is 1. The van der Waals surface area contributed by atoms with Gasteiger partial charge in [0.05, 0.1) is 11.1 Å². The number of nitrogens with zero attached hydrogens (tertiary/aromatic N) is 2. The Balaban J connectivity index is 2.57. The summed E-state index contributed by atoms with van der Waals surface area (Å²) in [6.45, 7) is 0.446. The van der Waals surface area contributed by atoms with E-state index in [0.717, 1.165) is 12.1 Å². The molecule has 0 spiro atoms. The maximum absolute atomic E-state index is 13.5. The molecule has 1 heterocycles. The van der Waals surface area contributed by atoms with Gasteiger partial charge in [0, 0.05) is 18.2 Å². The summed E-state index contributed by atoms with van der Waals surface area (Å²) in [6, 6.07) is 3.98. The Hall–Kier alpha value is -2.96. The van der Waals surface area contributed by atoms with E-state index < -0.39 is 40.5 Å². The molecule has 2 aromatic rings. The minimum Gasteiger partial charge on any atom is -0.381 e. The fourth-order valence-electron chi connectivity index (χ4n) is 1.94. The maximum Gasteiger partial charge on any atom is 0.416 e. The van der Waals surface area contributed by atoms with Crippen LogP contribution >= 0.6 is 0 Å². The second-order valence-corrected chi connectivity index (χ2v) is 5.17. The number of hydrogen-bond acceptors (Lipinski definition) is 4. The zero-order valence-electron chi connectivity index (χ0n) is 12.5. The van der Waals surface area contributed by atoms with Crippen molar-refractivity contribution in [1.82, 2.24) is 4.98 Å². The standard InChI is InChI=1S/C15H10F6N4/c1-14(17,18)8-3-9(15(19,20)21)5-10(4-8)24-13-7(6-22)2-11(16)12(23)25-13/h2-5H,1H3,(H3,23,24,25). The predicted molar refractivity (Wildman–Crippen MR) is 77.6 cm³/mol. The third-order valence-corrected chi connectivity index (χ3v) is 3.15. The van der Waals surface area contributed by atoms with Gasteiger partial charge in [-0.25, -0.2) is 18.2 Å². The fourth-order valence-corrected chi connectivity index (χ4v) is 1.94. The van der Waals surface area contributed by atoms with Crippen LogP contribution in [0.2, 0.25) is 0 Å². The van der Waals surface area contributed by atoms with Crippen LogP contribution in [0.15, 0.2) is 24.3 Å². The Morgan fingerprint density at radius 3 is 2.20 bits per heavy atom. The lowest BCUT2D eigenvalue weighted by atomic mass is 10.0. The van der Waals surface area contributed by atoms with E-state index in [4.69, 9.17) is 11.0 Å². The van der Waals surface area contributed by atoms with Crippen molar-refractivity contribution in [1.29, 1.82) is 5.26 Å². The van der Waals surface area contributed by atoms with E-state index >= 15 is 0 Å². The zero-order chi connectivity index (χ0) is 19.0. The fraction of sp³-hybridized carbons (Fsp3) is 0.200. The summed E-state index contributed by atoms with van der Waals surface area (Å²) in [6.07, 6.45) is -4.87. The maximum atomic E-state index is 13.5. The molecule has 0 atom stereocenters. The molecular weight excluding hydrogens is 350 g/mol. The Labute approximate surface area is 137 Å². The Morgan fingerprint density at radius 1 is 1.08 bits per heavy atom. The molecule has 0 amide bonds. The third kappa shape index (κ3) is 4.12. The van der Waals surface area contributed by atoms with Gasteiger partial charge >= 0.3 is 6.18 Å². The molecule has 1 aromatic carbocycles. The third-order valence-electron chi connectivity index (χ3n) is 3.15. The highest BCUT2D eigenvalue weighted by atomic mass is 19.4. The first-order valence-corrected chi connectivity index (χ1v) is 6.65. The van der Waals surface area contributed by atoms with Crippen molar-refractivity contribution >= 4 is 17.3 Å². The van der Waals surface area contributed by atoms with Crippen LogP contribution in [0.5, 0.6) is 0 Å². The largest absolute Gasteiger partial charge is 0.416 e. The summed E-state index contributed by atoms with van der Waals surface area (Å²) in [5.41, 5.74) is 2.30. The second-order valence-electron chi connectivity index (χ2n) is 5.17. The van der Waals surface area contributed by atoms with E-state index in [1.807, 2.05) is 0 Å². The van der Waals surface area contributed by atoms with Gasteiger partial charge in [-0.15, -0.1) is 0 Å². The SMILES string of the molecule is CC(F)(F)c1cc(Nc2nc(N)c(F)cc2C#N)cc(C(F)(F)F)c1. The summed E-state index contributed by atoms with van der Waals surface area (Å²) < 4.78 is 79.0. The van der Waals surface area contributed by atoms with Crippen molar-refractivity contribution in [3.8, 4) is 6.07 Å². The molecule has 0 radical (unpaired) electrons. The smallest absolute Gasteiger partial charge is 0.381 e.